The molecule has 2 aromatic carbocycles. The summed E-state index contributed by atoms with van der Waals surface area (Å²) in [5.41, 5.74) is -0.0849. The Labute approximate surface area is 165 Å². The smallest absolute Gasteiger partial charge is 0.341 e. The fraction of sp³-hybridized carbons (Fsp3) is 0.238. The maximum atomic E-state index is 14.9. The lowest BCUT2D eigenvalue weighted by Gasteiger charge is -2.34. The van der Waals surface area contributed by atoms with E-state index in [0.717, 1.165) is 6.07 Å². The Balaban J connectivity index is 1.99. The quantitative estimate of drug-likeness (QED) is 0.709. The zero-order valence-corrected chi connectivity index (χ0v) is 15.7. The molecule has 1 aliphatic rings. The molecule has 1 saturated heterocycles. The minimum absolute atomic E-state index is 0.0429. The van der Waals surface area contributed by atoms with Crippen LogP contribution in [0.1, 0.15) is 17.3 Å². The molecule has 2 heterocycles. The molecular weight excluding hydrogens is 380 g/mol. The number of benzene rings is 2. The van der Waals surface area contributed by atoms with Crippen LogP contribution >= 0.6 is 0 Å². The first kappa shape index (κ1) is 19.1. The van der Waals surface area contributed by atoms with Crippen molar-refractivity contribution in [3.63, 3.8) is 0 Å². The Bertz CT molecular complexity index is 1160. The number of piperazine rings is 1. The van der Waals surface area contributed by atoms with Crippen LogP contribution in [0.25, 0.3) is 16.6 Å². The molecule has 1 atom stereocenters. The number of hydrogen-bond acceptors (Lipinski definition) is 4. The van der Waals surface area contributed by atoms with Gasteiger partial charge in [-0.2, -0.15) is 0 Å². The number of halogens is 2. The lowest BCUT2D eigenvalue weighted by atomic mass is 10.1. The first-order chi connectivity index (χ1) is 13.8. The van der Waals surface area contributed by atoms with Gasteiger partial charge >= 0.3 is 5.97 Å². The van der Waals surface area contributed by atoms with Crippen LogP contribution < -0.4 is 15.6 Å². The standard InChI is InChI=1S/C21H19F2N3O3/c1-12-10-25(7-6-24-12)19-9-18-15(8-17(19)23)20(27)16(21(28)29)11-26(18)14-4-2-13(22)3-5-14/h2-5,8-9,11-12,24H,6-7,10H2,1H3,(H,28,29). The minimum Gasteiger partial charge on any atom is -0.477 e. The van der Waals surface area contributed by atoms with Crippen LogP contribution in [0.5, 0.6) is 0 Å². The molecule has 150 valence electrons. The van der Waals surface area contributed by atoms with Gasteiger partial charge in [-0.1, -0.05) is 0 Å². The number of hydrogen-bond donors (Lipinski definition) is 2. The maximum Gasteiger partial charge on any atom is 0.341 e. The van der Waals surface area contributed by atoms with Gasteiger partial charge in [-0.05, 0) is 43.3 Å². The van der Waals surface area contributed by atoms with Crippen LogP contribution in [0, 0.1) is 11.6 Å². The molecule has 0 radical (unpaired) electrons. The zero-order valence-electron chi connectivity index (χ0n) is 15.7. The summed E-state index contributed by atoms with van der Waals surface area (Å²) in [4.78, 5) is 26.1. The largest absolute Gasteiger partial charge is 0.477 e. The number of anilines is 1. The molecule has 0 spiro atoms. The van der Waals surface area contributed by atoms with Crippen molar-refractivity contribution in [2.75, 3.05) is 24.5 Å². The van der Waals surface area contributed by atoms with Crippen molar-refractivity contribution in [3.05, 3.63) is 70.0 Å². The van der Waals surface area contributed by atoms with Gasteiger partial charge in [0.15, 0.2) is 0 Å². The highest BCUT2D eigenvalue weighted by atomic mass is 19.1. The molecule has 0 bridgehead atoms. The normalized spacial score (nSPS) is 16.9. The van der Waals surface area contributed by atoms with Crippen molar-refractivity contribution in [2.45, 2.75) is 13.0 Å². The van der Waals surface area contributed by atoms with Crippen LogP contribution in [-0.4, -0.2) is 41.3 Å². The zero-order chi connectivity index (χ0) is 20.7. The van der Waals surface area contributed by atoms with Gasteiger partial charge in [0, 0.05) is 42.9 Å². The highest BCUT2D eigenvalue weighted by molar-refractivity contribution is 5.94. The molecule has 1 aliphatic heterocycles. The Morgan fingerprint density at radius 2 is 1.93 bits per heavy atom. The topological polar surface area (TPSA) is 74.6 Å². The van der Waals surface area contributed by atoms with E-state index in [1.54, 1.807) is 6.07 Å². The second-order valence-electron chi connectivity index (χ2n) is 7.15. The summed E-state index contributed by atoms with van der Waals surface area (Å²) >= 11 is 0. The number of carboxylic acid groups (broad SMARTS) is 1. The van der Waals surface area contributed by atoms with E-state index < -0.39 is 28.6 Å². The van der Waals surface area contributed by atoms with E-state index in [0.29, 0.717) is 36.5 Å². The molecule has 8 heteroatoms. The van der Waals surface area contributed by atoms with Crippen LogP contribution in [-0.2, 0) is 0 Å². The molecule has 0 aliphatic carbocycles. The molecule has 4 rings (SSSR count). The van der Waals surface area contributed by atoms with Crippen molar-refractivity contribution < 1.29 is 18.7 Å². The maximum absolute atomic E-state index is 14.9. The second kappa shape index (κ2) is 7.29. The highest BCUT2D eigenvalue weighted by Crippen LogP contribution is 2.28. The van der Waals surface area contributed by atoms with E-state index in [-0.39, 0.29) is 11.4 Å². The number of carbonyl (C=O) groups is 1. The van der Waals surface area contributed by atoms with Gasteiger partial charge in [0.25, 0.3) is 0 Å². The monoisotopic (exact) mass is 399 g/mol. The van der Waals surface area contributed by atoms with Crippen molar-refractivity contribution in [3.8, 4) is 5.69 Å². The molecule has 0 saturated carbocycles. The van der Waals surface area contributed by atoms with Crippen molar-refractivity contribution in [2.24, 2.45) is 0 Å². The van der Waals surface area contributed by atoms with Gasteiger partial charge in [-0.15, -0.1) is 0 Å². The molecule has 29 heavy (non-hydrogen) atoms. The van der Waals surface area contributed by atoms with E-state index in [1.165, 1.54) is 35.0 Å². The fourth-order valence-electron chi connectivity index (χ4n) is 3.70. The van der Waals surface area contributed by atoms with Crippen molar-refractivity contribution in [1.29, 1.82) is 0 Å². The number of pyridine rings is 1. The summed E-state index contributed by atoms with van der Waals surface area (Å²) in [6.45, 7) is 3.89. The third-order valence-corrected chi connectivity index (χ3v) is 5.12. The van der Waals surface area contributed by atoms with Crippen molar-refractivity contribution >= 4 is 22.6 Å². The first-order valence-corrected chi connectivity index (χ1v) is 9.21. The molecule has 2 N–H and O–H groups in total. The van der Waals surface area contributed by atoms with Gasteiger partial charge in [-0.3, -0.25) is 4.79 Å². The van der Waals surface area contributed by atoms with Gasteiger partial charge in [0.1, 0.15) is 17.2 Å². The number of carboxylic acids is 1. The van der Waals surface area contributed by atoms with Crippen LogP contribution in [0.3, 0.4) is 0 Å². The fourth-order valence-corrected chi connectivity index (χ4v) is 3.70. The third kappa shape index (κ3) is 3.47. The Kier molecular flexibility index (Phi) is 4.79. The summed E-state index contributed by atoms with van der Waals surface area (Å²) in [6, 6.07) is 8.24. The van der Waals surface area contributed by atoms with Crippen molar-refractivity contribution in [1.82, 2.24) is 9.88 Å². The third-order valence-electron chi connectivity index (χ3n) is 5.12. The summed E-state index contributed by atoms with van der Waals surface area (Å²) < 4.78 is 29.8. The lowest BCUT2D eigenvalue weighted by Crippen LogP contribution is -2.49. The number of nitrogens with one attached hydrogen (secondary N) is 1. The van der Waals surface area contributed by atoms with Crippen LogP contribution in [0.4, 0.5) is 14.5 Å². The number of fused-ring (bicyclic) bond motifs is 1. The van der Waals surface area contributed by atoms with Gasteiger partial charge in [0.05, 0.1) is 11.2 Å². The van der Waals surface area contributed by atoms with Gasteiger partial charge < -0.3 is 19.9 Å². The van der Waals surface area contributed by atoms with Crippen LogP contribution in [0.2, 0.25) is 0 Å². The average molecular weight is 399 g/mol. The molecule has 1 aromatic heterocycles. The number of aromatic carboxylic acids is 1. The van der Waals surface area contributed by atoms with Gasteiger partial charge in [0.2, 0.25) is 5.43 Å². The second-order valence-corrected chi connectivity index (χ2v) is 7.15. The minimum atomic E-state index is -1.41. The lowest BCUT2D eigenvalue weighted by molar-refractivity contribution is 0.0695. The van der Waals surface area contributed by atoms with E-state index in [9.17, 15) is 23.5 Å². The number of rotatable bonds is 3. The highest BCUT2D eigenvalue weighted by Gasteiger charge is 2.22. The molecule has 6 nitrogen and oxygen atoms in total. The Morgan fingerprint density at radius 3 is 2.59 bits per heavy atom. The summed E-state index contributed by atoms with van der Waals surface area (Å²) in [5, 5.41) is 12.7. The summed E-state index contributed by atoms with van der Waals surface area (Å²) in [7, 11) is 0. The van der Waals surface area contributed by atoms with E-state index in [2.05, 4.69) is 5.32 Å². The summed E-state index contributed by atoms with van der Waals surface area (Å²) in [5.74, 6) is -2.44. The SMILES string of the molecule is CC1CN(c2cc3c(cc2F)c(=O)c(C(=O)O)cn3-c2ccc(F)cc2)CCN1. The van der Waals surface area contributed by atoms with Gasteiger partial charge in [-0.25, -0.2) is 13.6 Å². The van der Waals surface area contributed by atoms with E-state index in [4.69, 9.17) is 0 Å². The predicted molar refractivity (Wildman–Crippen MR) is 106 cm³/mol. The number of nitrogens with zero attached hydrogens (tertiary/aromatic N) is 2. The van der Waals surface area contributed by atoms with E-state index in [1.807, 2.05) is 11.8 Å². The average Bonchev–Trinajstić information content (AvgIpc) is 2.69. The molecule has 0 amide bonds. The van der Waals surface area contributed by atoms with E-state index >= 15 is 0 Å². The predicted octanol–water partition coefficient (Wildman–Crippen LogP) is 2.77. The Hall–Kier alpha value is -3.26. The molecule has 1 fully saturated rings. The number of aromatic nitrogens is 1. The molecule has 1 unspecified atom stereocenters. The van der Waals surface area contributed by atoms with Crippen LogP contribution in [0.15, 0.2) is 47.4 Å². The first-order valence-electron chi connectivity index (χ1n) is 9.21. The summed E-state index contributed by atoms with van der Waals surface area (Å²) in [6.07, 6.45) is 1.20. The molecular formula is C21H19F2N3O3. The Morgan fingerprint density at radius 1 is 1.21 bits per heavy atom. The molecule has 3 aromatic rings.